The zero-order chi connectivity index (χ0) is 29.8. The molecule has 0 aliphatic carbocycles. The Bertz CT molecular complexity index is 2010. The summed E-state index contributed by atoms with van der Waals surface area (Å²) in [4.78, 5) is 18.3. The maximum absolute atomic E-state index is 14.6. The van der Waals surface area contributed by atoms with Crippen LogP contribution in [-0.2, 0) is 0 Å². The molecule has 10 heteroatoms. The first kappa shape index (κ1) is 28.0. The summed E-state index contributed by atoms with van der Waals surface area (Å²) in [6.45, 7) is 2.83. The highest BCUT2D eigenvalue weighted by molar-refractivity contribution is 7.15. The van der Waals surface area contributed by atoms with Gasteiger partial charge in [-0.15, -0.1) is 5.10 Å². The van der Waals surface area contributed by atoms with Gasteiger partial charge in [0.15, 0.2) is 17.4 Å². The molecule has 0 amide bonds. The first-order valence-corrected chi connectivity index (χ1v) is 14.7. The molecule has 0 aliphatic rings. The quantitative estimate of drug-likeness (QED) is 0.180. The highest BCUT2D eigenvalue weighted by atomic mass is 32.1. The van der Waals surface area contributed by atoms with Gasteiger partial charge in [-0.1, -0.05) is 61.1 Å². The summed E-state index contributed by atoms with van der Waals surface area (Å²) in [5, 5.41) is 9.14. The number of thiazole rings is 1. The van der Waals surface area contributed by atoms with Crippen LogP contribution in [0.1, 0.15) is 36.7 Å². The molecule has 0 saturated heterocycles. The fraction of sp³-hybridized carbons (Fsp3) is 0.152. The summed E-state index contributed by atoms with van der Waals surface area (Å²) in [5.74, 6) is 0.910. The van der Waals surface area contributed by atoms with Gasteiger partial charge in [0, 0.05) is 17.3 Å². The molecule has 0 aliphatic heterocycles. The van der Waals surface area contributed by atoms with Crippen molar-refractivity contribution in [2.24, 2.45) is 0 Å². The third-order valence-electron chi connectivity index (χ3n) is 6.74. The van der Waals surface area contributed by atoms with Crippen LogP contribution in [0.3, 0.4) is 0 Å². The average Bonchev–Trinajstić information content (AvgIpc) is 3.72. The van der Waals surface area contributed by atoms with E-state index in [9.17, 15) is 9.18 Å². The molecule has 0 atom stereocenters. The van der Waals surface area contributed by atoms with Crippen molar-refractivity contribution in [3.63, 3.8) is 0 Å². The second-order valence-electron chi connectivity index (χ2n) is 9.75. The summed E-state index contributed by atoms with van der Waals surface area (Å²) in [6, 6.07) is 22.0. The number of methoxy groups -OCH3 is 1. The Kier molecular flexibility index (Phi) is 8.10. The molecule has 43 heavy (non-hydrogen) atoms. The minimum atomic E-state index is -0.500. The molecule has 0 bridgehead atoms. The van der Waals surface area contributed by atoms with Gasteiger partial charge in [0.2, 0.25) is 4.96 Å². The standard InChI is InChI=1S/C33H28FN5O3S/c1-3-4-18-42-26-14-10-22(11-15-26)12-17-30-35-33-39(36-30)32(40)29(43-33)20-24-21-38(25-8-6-5-7-9-25)37-31(24)23-13-16-28(41-2)27(34)19-23/h5-17,19-21H,3-4,18H2,1-2H3/b17-12+,29-20-. The van der Waals surface area contributed by atoms with E-state index in [0.717, 1.165) is 29.8 Å². The van der Waals surface area contributed by atoms with Crippen molar-refractivity contribution in [1.29, 1.82) is 0 Å². The van der Waals surface area contributed by atoms with Crippen molar-refractivity contribution < 1.29 is 13.9 Å². The SMILES string of the molecule is CCCCOc1ccc(/C=C/c2nc3s/c(=C\c4cn(-c5ccccc5)nc4-c4ccc(OC)c(F)c4)c(=O)n3n2)cc1. The van der Waals surface area contributed by atoms with E-state index in [2.05, 4.69) is 17.0 Å². The minimum absolute atomic E-state index is 0.141. The van der Waals surface area contributed by atoms with Crippen LogP contribution >= 0.6 is 11.3 Å². The Balaban J connectivity index is 1.31. The minimum Gasteiger partial charge on any atom is -0.494 e. The number of halogens is 1. The number of rotatable bonds is 10. The summed E-state index contributed by atoms with van der Waals surface area (Å²) in [5.41, 5.74) is 3.23. The first-order valence-electron chi connectivity index (χ1n) is 13.8. The molecular weight excluding hydrogens is 565 g/mol. The molecule has 0 radical (unpaired) electrons. The predicted octanol–water partition coefficient (Wildman–Crippen LogP) is 6.05. The van der Waals surface area contributed by atoms with Crippen molar-refractivity contribution in [2.45, 2.75) is 19.8 Å². The Morgan fingerprint density at radius 2 is 1.81 bits per heavy atom. The molecule has 0 fully saturated rings. The van der Waals surface area contributed by atoms with Gasteiger partial charge in [0.1, 0.15) is 11.4 Å². The number of hydrogen-bond donors (Lipinski definition) is 0. The summed E-state index contributed by atoms with van der Waals surface area (Å²) >= 11 is 1.23. The molecule has 3 aromatic heterocycles. The molecular formula is C33H28FN5O3S. The second-order valence-corrected chi connectivity index (χ2v) is 10.8. The first-order chi connectivity index (χ1) is 21.0. The van der Waals surface area contributed by atoms with Gasteiger partial charge in [-0.05, 0) is 66.6 Å². The van der Waals surface area contributed by atoms with E-state index in [0.29, 0.717) is 38.7 Å². The number of ether oxygens (including phenoxy) is 2. The molecule has 8 nitrogen and oxygen atoms in total. The van der Waals surface area contributed by atoms with E-state index in [4.69, 9.17) is 14.6 Å². The maximum Gasteiger partial charge on any atom is 0.291 e. The van der Waals surface area contributed by atoms with Gasteiger partial charge in [-0.2, -0.15) is 14.6 Å². The number of nitrogens with zero attached hydrogens (tertiary/aromatic N) is 5. The van der Waals surface area contributed by atoms with Crippen LogP contribution in [0.4, 0.5) is 4.39 Å². The van der Waals surface area contributed by atoms with Crippen LogP contribution in [0.2, 0.25) is 0 Å². The Hall–Kier alpha value is -5.09. The molecule has 3 aromatic carbocycles. The summed E-state index contributed by atoms with van der Waals surface area (Å²) in [6.07, 6.45) is 9.34. The maximum atomic E-state index is 14.6. The van der Waals surface area contributed by atoms with Gasteiger partial charge < -0.3 is 9.47 Å². The van der Waals surface area contributed by atoms with Crippen LogP contribution in [0.15, 0.2) is 83.8 Å². The number of para-hydroxylation sites is 1. The molecule has 0 saturated carbocycles. The van der Waals surface area contributed by atoms with E-state index in [1.807, 2.05) is 66.9 Å². The lowest BCUT2D eigenvalue weighted by Gasteiger charge is -2.04. The Morgan fingerprint density at radius 1 is 1.00 bits per heavy atom. The van der Waals surface area contributed by atoms with E-state index in [1.54, 1.807) is 29.0 Å². The molecule has 0 N–H and O–H groups in total. The van der Waals surface area contributed by atoms with Crippen molar-refractivity contribution in [3.05, 3.63) is 117 Å². The van der Waals surface area contributed by atoms with Gasteiger partial charge in [0.25, 0.3) is 5.56 Å². The van der Waals surface area contributed by atoms with Crippen molar-refractivity contribution >= 4 is 34.5 Å². The fourth-order valence-corrected chi connectivity index (χ4v) is 5.39. The van der Waals surface area contributed by atoms with Crippen molar-refractivity contribution in [3.8, 4) is 28.4 Å². The zero-order valence-electron chi connectivity index (χ0n) is 23.6. The number of aromatic nitrogens is 5. The monoisotopic (exact) mass is 593 g/mol. The van der Waals surface area contributed by atoms with Gasteiger partial charge in [0.05, 0.1) is 23.9 Å². The molecule has 0 spiro atoms. The summed E-state index contributed by atoms with van der Waals surface area (Å²) < 4.78 is 28.9. The third kappa shape index (κ3) is 6.09. The zero-order valence-corrected chi connectivity index (χ0v) is 24.4. The Morgan fingerprint density at radius 3 is 2.53 bits per heavy atom. The lowest BCUT2D eigenvalue weighted by molar-refractivity contribution is 0.309. The molecule has 216 valence electrons. The number of benzene rings is 3. The van der Waals surface area contributed by atoms with E-state index in [-0.39, 0.29) is 11.3 Å². The van der Waals surface area contributed by atoms with Crippen molar-refractivity contribution in [2.75, 3.05) is 13.7 Å². The number of unbranched alkanes of at least 4 members (excludes halogenated alkanes) is 1. The van der Waals surface area contributed by atoms with Crippen LogP contribution < -0.4 is 19.6 Å². The Labute approximate surface area is 251 Å². The summed E-state index contributed by atoms with van der Waals surface area (Å²) in [7, 11) is 1.42. The lowest BCUT2D eigenvalue weighted by Crippen LogP contribution is -2.23. The molecule has 3 heterocycles. The lowest BCUT2D eigenvalue weighted by atomic mass is 10.1. The van der Waals surface area contributed by atoms with Crippen LogP contribution in [0, 0.1) is 5.82 Å². The van der Waals surface area contributed by atoms with Gasteiger partial charge >= 0.3 is 0 Å². The highest BCUT2D eigenvalue weighted by Gasteiger charge is 2.15. The smallest absolute Gasteiger partial charge is 0.291 e. The van der Waals surface area contributed by atoms with Crippen LogP contribution in [0.25, 0.3) is 40.1 Å². The highest BCUT2D eigenvalue weighted by Crippen LogP contribution is 2.28. The van der Waals surface area contributed by atoms with Crippen LogP contribution in [0.5, 0.6) is 11.5 Å². The van der Waals surface area contributed by atoms with Crippen molar-refractivity contribution in [1.82, 2.24) is 24.4 Å². The topological polar surface area (TPSA) is 83.5 Å². The largest absolute Gasteiger partial charge is 0.494 e. The molecule has 0 unspecified atom stereocenters. The van der Waals surface area contributed by atoms with E-state index < -0.39 is 5.82 Å². The van der Waals surface area contributed by atoms with E-state index in [1.165, 1.54) is 29.0 Å². The van der Waals surface area contributed by atoms with Gasteiger partial charge in [-0.25, -0.2) is 9.07 Å². The number of hydrogen-bond acceptors (Lipinski definition) is 7. The normalized spacial score (nSPS) is 12.0. The van der Waals surface area contributed by atoms with E-state index >= 15 is 0 Å². The number of fused-ring (bicyclic) bond motifs is 1. The molecule has 6 rings (SSSR count). The fourth-order valence-electron chi connectivity index (χ4n) is 4.48. The molecule has 6 aromatic rings. The van der Waals surface area contributed by atoms with Gasteiger partial charge in [-0.3, -0.25) is 4.79 Å². The predicted molar refractivity (Wildman–Crippen MR) is 167 cm³/mol. The second kappa shape index (κ2) is 12.4. The third-order valence-corrected chi connectivity index (χ3v) is 7.70. The average molecular weight is 594 g/mol. The van der Waals surface area contributed by atoms with Crippen LogP contribution in [-0.4, -0.2) is 38.1 Å².